The lowest BCUT2D eigenvalue weighted by Gasteiger charge is -2.18. The number of hydrogen-bond acceptors (Lipinski definition) is 3. The molecular formula is C22H26N4O. The maximum absolute atomic E-state index is 12.8. The minimum absolute atomic E-state index is 0.164. The van der Waals surface area contributed by atoms with Gasteiger partial charge in [-0.25, -0.2) is 0 Å². The summed E-state index contributed by atoms with van der Waals surface area (Å²) in [6.45, 7) is 6.80. The number of aryl methyl sites for hydroxylation is 1. The van der Waals surface area contributed by atoms with E-state index in [0.717, 1.165) is 11.1 Å². The highest BCUT2D eigenvalue weighted by Crippen LogP contribution is 2.23. The molecule has 5 heteroatoms. The van der Waals surface area contributed by atoms with Gasteiger partial charge in [0, 0.05) is 23.8 Å². The molecule has 3 N–H and O–H groups in total. The van der Waals surface area contributed by atoms with Crippen LogP contribution >= 0.6 is 0 Å². The number of amides is 1. The van der Waals surface area contributed by atoms with Crippen molar-refractivity contribution in [3.8, 4) is 11.3 Å². The fraction of sp³-hybridized carbons (Fsp3) is 0.273. The molecule has 0 atom stereocenters. The highest BCUT2D eigenvalue weighted by atomic mass is 16.1. The molecule has 1 amide bonds. The molecule has 0 aliphatic rings. The Morgan fingerprint density at radius 2 is 1.78 bits per heavy atom. The smallest absolute Gasteiger partial charge is 0.255 e. The van der Waals surface area contributed by atoms with Crippen molar-refractivity contribution in [2.45, 2.75) is 32.9 Å². The summed E-state index contributed by atoms with van der Waals surface area (Å²) >= 11 is 0. The van der Waals surface area contributed by atoms with Crippen molar-refractivity contribution in [3.05, 3.63) is 77.5 Å². The van der Waals surface area contributed by atoms with Crippen molar-refractivity contribution in [3.63, 3.8) is 0 Å². The molecule has 0 saturated heterocycles. The van der Waals surface area contributed by atoms with Gasteiger partial charge in [0.1, 0.15) is 5.69 Å². The van der Waals surface area contributed by atoms with Crippen molar-refractivity contribution < 1.29 is 4.79 Å². The van der Waals surface area contributed by atoms with E-state index in [4.69, 9.17) is 10.8 Å². The fourth-order valence-electron chi connectivity index (χ4n) is 2.77. The van der Waals surface area contributed by atoms with Gasteiger partial charge in [0.15, 0.2) is 0 Å². The van der Waals surface area contributed by atoms with Crippen LogP contribution < -0.4 is 11.1 Å². The van der Waals surface area contributed by atoms with Crippen LogP contribution in [0.2, 0.25) is 0 Å². The van der Waals surface area contributed by atoms with Crippen LogP contribution in [0.4, 0.5) is 0 Å². The van der Waals surface area contributed by atoms with Crippen molar-refractivity contribution in [1.82, 2.24) is 15.1 Å². The summed E-state index contributed by atoms with van der Waals surface area (Å²) in [6.07, 6.45) is 1.81. The lowest BCUT2D eigenvalue weighted by atomic mass is 10.0. The summed E-state index contributed by atoms with van der Waals surface area (Å²) in [4.78, 5) is 12.8. The summed E-state index contributed by atoms with van der Waals surface area (Å²) in [6, 6.07) is 18.1. The molecule has 0 fully saturated rings. The molecule has 1 heterocycles. The van der Waals surface area contributed by atoms with E-state index < -0.39 is 5.54 Å². The second-order valence-electron chi connectivity index (χ2n) is 7.61. The summed E-state index contributed by atoms with van der Waals surface area (Å²) < 4.78 is 1.81. The van der Waals surface area contributed by atoms with E-state index >= 15 is 0 Å². The lowest BCUT2D eigenvalue weighted by molar-refractivity contribution is 0.0946. The van der Waals surface area contributed by atoms with E-state index in [9.17, 15) is 4.79 Å². The number of nitrogens with zero attached hydrogens (tertiary/aromatic N) is 2. The monoisotopic (exact) mass is 362 g/mol. The minimum Gasteiger partial charge on any atom is -0.350 e. The van der Waals surface area contributed by atoms with E-state index in [1.807, 2.05) is 80.1 Å². The first-order valence-corrected chi connectivity index (χ1v) is 9.07. The van der Waals surface area contributed by atoms with Gasteiger partial charge in [0.25, 0.3) is 5.91 Å². The highest BCUT2D eigenvalue weighted by Gasteiger charge is 2.20. The Bertz CT molecular complexity index is 906. The molecule has 0 radical (unpaired) electrons. The molecule has 3 aromatic rings. The standard InChI is InChI=1S/C22H26N4O/c1-16-9-11-18(12-10-16)20-19(21(27)24-15-22(2,3)23)14-26(25-20)13-17-7-5-4-6-8-17/h4-12,14H,13,15,23H2,1-3H3,(H,24,27). The van der Waals surface area contributed by atoms with Gasteiger partial charge in [-0.15, -0.1) is 0 Å². The Kier molecular flexibility index (Phi) is 5.42. The Labute approximate surface area is 160 Å². The van der Waals surface area contributed by atoms with E-state index in [-0.39, 0.29) is 5.91 Å². The number of nitrogens with one attached hydrogen (secondary N) is 1. The van der Waals surface area contributed by atoms with Gasteiger partial charge < -0.3 is 11.1 Å². The minimum atomic E-state index is -0.473. The molecule has 0 aliphatic heterocycles. The molecule has 0 saturated carbocycles. The summed E-state index contributed by atoms with van der Waals surface area (Å²) in [5.41, 5.74) is 9.98. The first kappa shape index (κ1) is 18.9. The number of nitrogens with two attached hydrogens (primary N) is 1. The maximum Gasteiger partial charge on any atom is 0.255 e. The van der Waals surface area contributed by atoms with Crippen LogP contribution in [0.5, 0.6) is 0 Å². The molecule has 140 valence electrons. The third-order valence-electron chi connectivity index (χ3n) is 4.22. The van der Waals surface area contributed by atoms with Crippen molar-refractivity contribution in [1.29, 1.82) is 0 Å². The largest absolute Gasteiger partial charge is 0.350 e. The van der Waals surface area contributed by atoms with E-state index in [0.29, 0.717) is 24.3 Å². The van der Waals surface area contributed by atoms with Gasteiger partial charge in [0.05, 0.1) is 12.1 Å². The first-order chi connectivity index (χ1) is 12.8. The molecule has 1 aromatic heterocycles. The van der Waals surface area contributed by atoms with Gasteiger partial charge in [-0.2, -0.15) is 5.10 Å². The lowest BCUT2D eigenvalue weighted by Crippen LogP contribution is -2.45. The van der Waals surface area contributed by atoms with E-state index in [1.54, 1.807) is 6.20 Å². The third-order valence-corrected chi connectivity index (χ3v) is 4.22. The molecule has 5 nitrogen and oxygen atoms in total. The Morgan fingerprint density at radius 1 is 1.11 bits per heavy atom. The second-order valence-corrected chi connectivity index (χ2v) is 7.61. The zero-order chi connectivity index (χ0) is 19.4. The zero-order valence-electron chi connectivity index (χ0n) is 16.1. The molecule has 0 bridgehead atoms. The van der Waals surface area contributed by atoms with Gasteiger partial charge in [-0.05, 0) is 26.3 Å². The highest BCUT2D eigenvalue weighted by molar-refractivity contribution is 5.99. The van der Waals surface area contributed by atoms with Crippen molar-refractivity contribution in [2.24, 2.45) is 5.73 Å². The van der Waals surface area contributed by atoms with Crippen LogP contribution in [0.1, 0.15) is 35.3 Å². The van der Waals surface area contributed by atoms with Crippen molar-refractivity contribution in [2.75, 3.05) is 6.54 Å². The quantitative estimate of drug-likeness (QED) is 0.706. The maximum atomic E-state index is 12.8. The summed E-state index contributed by atoms with van der Waals surface area (Å²) in [5, 5.41) is 7.62. The number of carbonyl (C=O) groups is 1. The molecule has 0 spiro atoms. The first-order valence-electron chi connectivity index (χ1n) is 9.07. The SMILES string of the molecule is Cc1ccc(-c2nn(Cc3ccccc3)cc2C(=O)NCC(C)(C)N)cc1. The number of benzene rings is 2. The predicted molar refractivity (Wildman–Crippen MR) is 109 cm³/mol. The molecule has 2 aromatic carbocycles. The van der Waals surface area contributed by atoms with Crippen LogP contribution in [0.25, 0.3) is 11.3 Å². The molecular weight excluding hydrogens is 336 g/mol. The zero-order valence-corrected chi connectivity index (χ0v) is 16.1. The van der Waals surface area contributed by atoms with Crippen LogP contribution in [0, 0.1) is 6.92 Å². The number of aromatic nitrogens is 2. The predicted octanol–water partition coefficient (Wildman–Crippen LogP) is 3.37. The number of rotatable bonds is 6. The van der Waals surface area contributed by atoms with Crippen LogP contribution in [-0.2, 0) is 6.54 Å². The molecule has 27 heavy (non-hydrogen) atoms. The number of carbonyl (C=O) groups excluding carboxylic acids is 1. The van der Waals surface area contributed by atoms with E-state index in [2.05, 4.69) is 5.32 Å². The summed E-state index contributed by atoms with van der Waals surface area (Å²) in [7, 11) is 0. The topological polar surface area (TPSA) is 72.9 Å². The average molecular weight is 362 g/mol. The van der Waals surface area contributed by atoms with Crippen LogP contribution in [-0.4, -0.2) is 27.8 Å². The van der Waals surface area contributed by atoms with Crippen LogP contribution in [0.15, 0.2) is 60.8 Å². The second kappa shape index (κ2) is 7.76. The molecule has 0 aliphatic carbocycles. The van der Waals surface area contributed by atoms with Crippen LogP contribution in [0.3, 0.4) is 0 Å². The van der Waals surface area contributed by atoms with Gasteiger partial charge >= 0.3 is 0 Å². The fourth-order valence-corrected chi connectivity index (χ4v) is 2.77. The molecule has 3 rings (SSSR count). The summed E-state index contributed by atoms with van der Waals surface area (Å²) in [5.74, 6) is -0.164. The van der Waals surface area contributed by atoms with Gasteiger partial charge in [-0.3, -0.25) is 9.48 Å². The Hall–Kier alpha value is -2.92. The molecule has 0 unspecified atom stereocenters. The van der Waals surface area contributed by atoms with E-state index in [1.165, 1.54) is 5.56 Å². The Morgan fingerprint density at radius 3 is 2.41 bits per heavy atom. The number of hydrogen-bond donors (Lipinski definition) is 2. The van der Waals surface area contributed by atoms with Crippen molar-refractivity contribution >= 4 is 5.91 Å². The third kappa shape index (κ3) is 5.05. The van der Waals surface area contributed by atoms with Gasteiger partial charge in [-0.1, -0.05) is 60.2 Å². The Balaban J connectivity index is 1.93. The van der Waals surface area contributed by atoms with Gasteiger partial charge in [0.2, 0.25) is 0 Å². The average Bonchev–Trinajstić information content (AvgIpc) is 3.04. The normalized spacial score (nSPS) is 11.4.